The minimum Gasteiger partial charge on any atom is -0.408 e. The van der Waals surface area contributed by atoms with Crippen LogP contribution in [0.2, 0.25) is 0 Å². The van der Waals surface area contributed by atoms with Crippen LogP contribution in [0, 0.1) is 5.92 Å². The molecule has 3 nitrogen and oxygen atoms in total. The zero-order chi connectivity index (χ0) is 13.4. The zero-order valence-electron chi connectivity index (χ0n) is 11.7. The average Bonchev–Trinajstić information content (AvgIpc) is 2.58. The first-order chi connectivity index (χ1) is 8.02. The summed E-state index contributed by atoms with van der Waals surface area (Å²) in [6.45, 7) is 10.5. The van der Waals surface area contributed by atoms with Crippen molar-refractivity contribution in [3.05, 3.63) is 34.8 Å². The van der Waals surface area contributed by atoms with E-state index in [1.807, 2.05) is 32.0 Å². The van der Waals surface area contributed by atoms with Gasteiger partial charge in [-0.3, -0.25) is 4.57 Å². The number of aromatic nitrogens is 1. The molecule has 0 saturated heterocycles. The number of benzene rings is 1. The Labute approximate surface area is 103 Å². The van der Waals surface area contributed by atoms with Crippen molar-refractivity contribution >= 4 is 11.1 Å². The summed E-state index contributed by atoms with van der Waals surface area (Å²) in [4.78, 5) is 10.9. The third-order valence-electron chi connectivity index (χ3n) is 1.70. The summed E-state index contributed by atoms with van der Waals surface area (Å²) in [5.74, 6) is 0.520. The van der Waals surface area contributed by atoms with Gasteiger partial charge in [0.05, 0.1) is 5.52 Å². The summed E-state index contributed by atoms with van der Waals surface area (Å²) in [5, 5.41) is 0. The van der Waals surface area contributed by atoms with Gasteiger partial charge in [0.1, 0.15) is 0 Å². The van der Waals surface area contributed by atoms with E-state index in [1.165, 1.54) is 4.57 Å². The predicted octanol–water partition coefficient (Wildman–Crippen LogP) is 3.82. The summed E-state index contributed by atoms with van der Waals surface area (Å²) in [5.41, 5.74) is 1.47. The molecule has 0 saturated carbocycles. The molecule has 0 atom stereocenters. The maximum Gasteiger partial charge on any atom is 0.419 e. The molecule has 0 aliphatic rings. The topological polar surface area (TPSA) is 35.1 Å². The monoisotopic (exact) mass is 237 g/mol. The highest BCUT2D eigenvalue weighted by Crippen LogP contribution is 2.09. The van der Waals surface area contributed by atoms with Crippen LogP contribution >= 0.6 is 0 Å². The molecule has 0 amide bonds. The smallest absolute Gasteiger partial charge is 0.408 e. The van der Waals surface area contributed by atoms with Crippen molar-refractivity contribution in [1.82, 2.24) is 4.57 Å². The van der Waals surface area contributed by atoms with Crippen molar-refractivity contribution in [2.75, 3.05) is 0 Å². The van der Waals surface area contributed by atoms with E-state index in [1.54, 1.807) is 13.1 Å². The second kappa shape index (κ2) is 7.71. The molecule has 3 heteroatoms. The van der Waals surface area contributed by atoms with Gasteiger partial charge in [-0.15, -0.1) is 0 Å². The summed E-state index contributed by atoms with van der Waals surface area (Å²) in [6.07, 6.45) is 0. The summed E-state index contributed by atoms with van der Waals surface area (Å²) < 4.78 is 6.39. The van der Waals surface area contributed by atoms with Crippen LogP contribution in [0.25, 0.3) is 11.1 Å². The van der Waals surface area contributed by atoms with E-state index in [-0.39, 0.29) is 5.76 Å². The average molecular weight is 237 g/mol. The van der Waals surface area contributed by atoms with Crippen molar-refractivity contribution < 1.29 is 4.42 Å². The minimum absolute atomic E-state index is 0.314. The standard InChI is InChI=1S/C8H7NO2.C4H10.C2H6/c1-9-6-4-2-3-5-7(6)11-8(9)10;1-4(2)3;1-2/h2-5H,1H3;4H,1-3H3;1-2H3. The maximum atomic E-state index is 10.9. The Morgan fingerprint density at radius 1 is 1.12 bits per heavy atom. The van der Waals surface area contributed by atoms with Gasteiger partial charge in [0, 0.05) is 7.05 Å². The van der Waals surface area contributed by atoms with Gasteiger partial charge in [-0.1, -0.05) is 46.8 Å². The Balaban J connectivity index is 0.000000368. The lowest BCUT2D eigenvalue weighted by molar-refractivity contribution is 0.528. The van der Waals surface area contributed by atoms with E-state index in [9.17, 15) is 4.79 Å². The number of aryl methyl sites for hydroxylation is 1. The molecular formula is C14H23NO2. The van der Waals surface area contributed by atoms with Gasteiger partial charge in [0.25, 0.3) is 0 Å². The number of oxazole rings is 1. The van der Waals surface area contributed by atoms with Crippen molar-refractivity contribution in [1.29, 1.82) is 0 Å². The fourth-order valence-electron chi connectivity index (χ4n) is 1.08. The highest BCUT2D eigenvalue weighted by molar-refractivity contribution is 5.72. The molecule has 17 heavy (non-hydrogen) atoms. The number of para-hydroxylation sites is 2. The molecular weight excluding hydrogens is 214 g/mol. The van der Waals surface area contributed by atoms with E-state index in [2.05, 4.69) is 20.8 Å². The molecule has 0 bridgehead atoms. The van der Waals surface area contributed by atoms with Crippen LogP contribution in [-0.4, -0.2) is 4.57 Å². The van der Waals surface area contributed by atoms with E-state index in [0.717, 1.165) is 11.4 Å². The molecule has 0 fully saturated rings. The summed E-state index contributed by atoms with van der Waals surface area (Å²) >= 11 is 0. The zero-order valence-corrected chi connectivity index (χ0v) is 11.7. The van der Waals surface area contributed by atoms with Crippen LogP contribution in [0.15, 0.2) is 33.5 Å². The van der Waals surface area contributed by atoms with Gasteiger partial charge in [0.2, 0.25) is 0 Å². The Hall–Kier alpha value is -1.51. The van der Waals surface area contributed by atoms with Gasteiger partial charge >= 0.3 is 5.76 Å². The first-order valence-electron chi connectivity index (χ1n) is 6.07. The van der Waals surface area contributed by atoms with Crippen LogP contribution in [0.3, 0.4) is 0 Å². The molecule has 1 heterocycles. The number of hydrogen-bond acceptors (Lipinski definition) is 2. The quantitative estimate of drug-likeness (QED) is 0.698. The maximum absolute atomic E-state index is 10.9. The first-order valence-corrected chi connectivity index (χ1v) is 6.07. The van der Waals surface area contributed by atoms with Gasteiger partial charge in [-0.2, -0.15) is 0 Å². The van der Waals surface area contributed by atoms with Crippen LogP contribution < -0.4 is 5.76 Å². The molecule has 0 radical (unpaired) electrons. The highest BCUT2D eigenvalue weighted by Gasteiger charge is 2.01. The highest BCUT2D eigenvalue weighted by atomic mass is 16.4. The second-order valence-electron chi connectivity index (χ2n) is 4.13. The summed E-state index contributed by atoms with van der Waals surface area (Å²) in [7, 11) is 1.69. The van der Waals surface area contributed by atoms with E-state index >= 15 is 0 Å². The lowest BCUT2D eigenvalue weighted by Crippen LogP contribution is -2.08. The number of fused-ring (bicyclic) bond motifs is 1. The number of hydrogen-bond donors (Lipinski definition) is 0. The van der Waals surface area contributed by atoms with Crippen molar-refractivity contribution in [3.8, 4) is 0 Å². The molecule has 0 aliphatic carbocycles. The molecule has 2 aromatic rings. The second-order valence-corrected chi connectivity index (χ2v) is 4.13. The summed E-state index contributed by atoms with van der Waals surface area (Å²) in [6, 6.07) is 7.33. The SMILES string of the molecule is CC.CC(C)C.Cn1c(=O)oc2ccccc21. The first kappa shape index (κ1) is 15.5. The Morgan fingerprint density at radius 2 is 1.59 bits per heavy atom. The lowest BCUT2D eigenvalue weighted by Gasteiger charge is -1.87. The molecule has 1 aromatic heterocycles. The molecule has 0 unspecified atom stereocenters. The molecule has 96 valence electrons. The molecule has 1 aromatic carbocycles. The van der Waals surface area contributed by atoms with E-state index in [0.29, 0.717) is 5.58 Å². The fourth-order valence-corrected chi connectivity index (χ4v) is 1.08. The third-order valence-corrected chi connectivity index (χ3v) is 1.70. The van der Waals surface area contributed by atoms with Gasteiger partial charge in [-0.05, 0) is 18.1 Å². The number of nitrogens with zero attached hydrogens (tertiary/aromatic N) is 1. The van der Waals surface area contributed by atoms with Gasteiger partial charge in [0.15, 0.2) is 5.58 Å². The van der Waals surface area contributed by atoms with Crippen LogP contribution in [-0.2, 0) is 7.05 Å². The van der Waals surface area contributed by atoms with Crippen LogP contribution in [0.5, 0.6) is 0 Å². The van der Waals surface area contributed by atoms with Crippen molar-refractivity contribution in [2.45, 2.75) is 34.6 Å². The van der Waals surface area contributed by atoms with Crippen molar-refractivity contribution in [3.63, 3.8) is 0 Å². The Bertz CT molecular complexity index is 477. The predicted molar refractivity (Wildman–Crippen MR) is 73.3 cm³/mol. The number of rotatable bonds is 0. The molecule has 0 N–H and O–H groups in total. The Morgan fingerprint density at radius 3 is 2.06 bits per heavy atom. The van der Waals surface area contributed by atoms with E-state index < -0.39 is 0 Å². The fraction of sp³-hybridized carbons (Fsp3) is 0.500. The lowest BCUT2D eigenvalue weighted by atomic mass is 10.3. The minimum atomic E-state index is -0.314. The van der Waals surface area contributed by atoms with Crippen molar-refractivity contribution in [2.24, 2.45) is 13.0 Å². The van der Waals surface area contributed by atoms with Crippen LogP contribution in [0.1, 0.15) is 34.6 Å². The molecule has 2 rings (SSSR count). The largest absolute Gasteiger partial charge is 0.419 e. The van der Waals surface area contributed by atoms with Crippen LogP contribution in [0.4, 0.5) is 0 Å². The van der Waals surface area contributed by atoms with E-state index in [4.69, 9.17) is 4.42 Å². The third kappa shape index (κ3) is 4.89. The van der Waals surface area contributed by atoms with Gasteiger partial charge < -0.3 is 4.42 Å². The molecule has 0 spiro atoms. The van der Waals surface area contributed by atoms with Gasteiger partial charge in [-0.25, -0.2) is 4.79 Å². The normalized spacial score (nSPS) is 9.35. The Kier molecular flexibility index (Phi) is 7.03. The molecule has 0 aliphatic heterocycles.